The van der Waals surface area contributed by atoms with Gasteiger partial charge < -0.3 is 10.1 Å². The Morgan fingerprint density at radius 2 is 1.57 bits per heavy atom. The third-order valence-corrected chi connectivity index (χ3v) is 3.63. The van der Waals surface area contributed by atoms with Gasteiger partial charge in [-0.25, -0.2) is 0 Å². The molecule has 0 saturated carbocycles. The van der Waals surface area contributed by atoms with E-state index in [9.17, 15) is 0 Å². The molecule has 0 aliphatic heterocycles. The Kier molecular flexibility index (Phi) is 5.66. The second kappa shape index (κ2) is 7.48. The van der Waals surface area contributed by atoms with E-state index in [-0.39, 0.29) is 0 Å². The number of aryl methyl sites for hydroxylation is 2. The van der Waals surface area contributed by atoms with Gasteiger partial charge >= 0.3 is 0 Å². The maximum Gasteiger partial charge on any atom is 0.125 e. The van der Waals surface area contributed by atoms with Crippen molar-refractivity contribution in [2.45, 2.75) is 33.9 Å². The highest BCUT2D eigenvalue weighted by Gasteiger charge is 2.06. The molecule has 0 bridgehead atoms. The van der Waals surface area contributed by atoms with Gasteiger partial charge in [0.2, 0.25) is 0 Å². The lowest BCUT2D eigenvalue weighted by molar-refractivity contribution is 0.302. The number of halogens is 1. The summed E-state index contributed by atoms with van der Waals surface area (Å²) in [6.45, 7) is 8.62. The predicted molar refractivity (Wildman–Crippen MR) is 89.1 cm³/mol. The monoisotopic (exact) mass is 303 g/mol. The van der Waals surface area contributed by atoms with Gasteiger partial charge in [0.25, 0.3) is 0 Å². The van der Waals surface area contributed by atoms with Gasteiger partial charge in [-0.05, 0) is 54.8 Å². The molecule has 0 amide bonds. The van der Waals surface area contributed by atoms with Crippen molar-refractivity contribution in [1.29, 1.82) is 0 Å². The Morgan fingerprint density at radius 1 is 1.00 bits per heavy atom. The summed E-state index contributed by atoms with van der Waals surface area (Å²) in [6, 6.07) is 12.4. The molecule has 2 aromatic carbocycles. The van der Waals surface area contributed by atoms with Crippen molar-refractivity contribution in [2.24, 2.45) is 0 Å². The van der Waals surface area contributed by atoms with Crippen molar-refractivity contribution in [3.8, 4) is 5.75 Å². The largest absolute Gasteiger partial charge is 0.488 e. The van der Waals surface area contributed by atoms with Gasteiger partial charge in [0, 0.05) is 11.6 Å². The van der Waals surface area contributed by atoms with Gasteiger partial charge in [-0.1, -0.05) is 42.8 Å². The van der Waals surface area contributed by atoms with Crippen LogP contribution in [0.1, 0.15) is 29.2 Å². The molecule has 0 aliphatic rings. The van der Waals surface area contributed by atoms with E-state index in [1.54, 1.807) is 0 Å². The molecule has 0 radical (unpaired) electrons. The smallest absolute Gasteiger partial charge is 0.125 e. The van der Waals surface area contributed by atoms with Crippen molar-refractivity contribution in [2.75, 3.05) is 6.54 Å². The second-order valence-corrected chi connectivity index (χ2v) is 5.69. The zero-order chi connectivity index (χ0) is 15.2. The van der Waals surface area contributed by atoms with Gasteiger partial charge in [-0.15, -0.1) is 0 Å². The quantitative estimate of drug-likeness (QED) is 0.839. The topological polar surface area (TPSA) is 21.3 Å². The summed E-state index contributed by atoms with van der Waals surface area (Å²) in [6.07, 6.45) is 0. The SMILES string of the molecule is CCNCc1ccc(COc2c(C)cc(Cl)cc2C)cc1. The van der Waals surface area contributed by atoms with Crippen LogP contribution < -0.4 is 10.1 Å². The number of rotatable bonds is 6. The molecule has 2 nitrogen and oxygen atoms in total. The molecule has 0 fully saturated rings. The normalized spacial score (nSPS) is 10.7. The van der Waals surface area contributed by atoms with E-state index in [4.69, 9.17) is 16.3 Å². The molecule has 3 heteroatoms. The van der Waals surface area contributed by atoms with Crippen LogP contribution in [0.15, 0.2) is 36.4 Å². The Labute approximate surface area is 132 Å². The summed E-state index contributed by atoms with van der Waals surface area (Å²) in [4.78, 5) is 0. The molecule has 0 spiro atoms. The molecule has 0 aromatic heterocycles. The van der Waals surface area contributed by atoms with Gasteiger partial charge in [0.05, 0.1) is 0 Å². The van der Waals surface area contributed by atoms with Gasteiger partial charge in [0.15, 0.2) is 0 Å². The standard InChI is InChI=1S/C18H22ClNO/c1-4-20-11-15-5-7-16(8-6-15)12-21-18-13(2)9-17(19)10-14(18)3/h5-10,20H,4,11-12H2,1-3H3. The van der Waals surface area contributed by atoms with E-state index in [2.05, 4.69) is 36.5 Å². The zero-order valence-electron chi connectivity index (χ0n) is 12.9. The first kappa shape index (κ1) is 15.9. The Bertz CT molecular complexity index is 570. The fraction of sp³-hybridized carbons (Fsp3) is 0.333. The number of nitrogens with one attached hydrogen (secondary N) is 1. The van der Waals surface area contributed by atoms with Crippen LogP contribution >= 0.6 is 11.6 Å². The fourth-order valence-electron chi connectivity index (χ4n) is 2.30. The Balaban J connectivity index is 2.00. The molecule has 0 heterocycles. The number of hydrogen-bond acceptors (Lipinski definition) is 2. The summed E-state index contributed by atoms with van der Waals surface area (Å²) in [5, 5.41) is 4.07. The highest BCUT2D eigenvalue weighted by atomic mass is 35.5. The summed E-state index contributed by atoms with van der Waals surface area (Å²) < 4.78 is 5.96. The lowest BCUT2D eigenvalue weighted by Gasteiger charge is -2.13. The van der Waals surface area contributed by atoms with Gasteiger partial charge in [0.1, 0.15) is 12.4 Å². The van der Waals surface area contributed by atoms with E-state index in [0.717, 1.165) is 35.0 Å². The first-order valence-corrected chi connectivity index (χ1v) is 7.66. The first-order valence-electron chi connectivity index (χ1n) is 7.28. The maximum absolute atomic E-state index is 6.04. The molecular weight excluding hydrogens is 282 g/mol. The summed E-state index contributed by atoms with van der Waals surface area (Å²) in [5.41, 5.74) is 4.61. The minimum atomic E-state index is 0.574. The van der Waals surface area contributed by atoms with Crippen molar-refractivity contribution < 1.29 is 4.74 Å². The molecule has 2 aromatic rings. The lowest BCUT2D eigenvalue weighted by Crippen LogP contribution is -2.11. The molecule has 1 N–H and O–H groups in total. The molecule has 21 heavy (non-hydrogen) atoms. The summed E-state index contributed by atoms with van der Waals surface area (Å²) in [7, 11) is 0. The fourth-order valence-corrected chi connectivity index (χ4v) is 2.63. The molecule has 0 aliphatic carbocycles. The van der Waals surface area contributed by atoms with Crippen LogP contribution in [0.5, 0.6) is 5.75 Å². The molecule has 2 rings (SSSR count). The minimum absolute atomic E-state index is 0.574. The molecule has 0 saturated heterocycles. The average Bonchev–Trinajstić information content (AvgIpc) is 2.45. The highest BCUT2D eigenvalue weighted by Crippen LogP contribution is 2.27. The van der Waals surface area contributed by atoms with Crippen LogP contribution in [0.25, 0.3) is 0 Å². The summed E-state index contributed by atoms with van der Waals surface area (Å²) in [5.74, 6) is 0.927. The van der Waals surface area contributed by atoms with Crippen LogP contribution in [-0.2, 0) is 13.2 Å². The van der Waals surface area contributed by atoms with E-state index in [1.165, 1.54) is 11.1 Å². The van der Waals surface area contributed by atoms with Gasteiger partial charge in [-0.2, -0.15) is 0 Å². The Morgan fingerprint density at radius 3 is 2.14 bits per heavy atom. The number of benzene rings is 2. The van der Waals surface area contributed by atoms with Crippen LogP contribution in [0.4, 0.5) is 0 Å². The van der Waals surface area contributed by atoms with E-state index in [1.807, 2.05) is 26.0 Å². The maximum atomic E-state index is 6.04. The zero-order valence-corrected chi connectivity index (χ0v) is 13.6. The van der Waals surface area contributed by atoms with Crippen molar-refractivity contribution in [1.82, 2.24) is 5.32 Å². The molecule has 112 valence electrons. The lowest BCUT2D eigenvalue weighted by atomic mass is 10.1. The first-order chi connectivity index (χ1) is 10.1. The van der Waals surface area contributed by atoms with E-state index < -0.39 is 0 Å². The predicted octanol–water partition coefficient (Wildman–Crippen LogP) is 4.65. The van der Waals surface area contributed by atoms with Crippen LogP contribution in [0.3, 0.4) is 0 Å². The highest BCUT2D eigenvalue weighted by molar-refractivity contribution is 6.30. The van der Waals surface area contributed by atoms with Crippen molar-refractivity contribution in [3.05, 3.63) is 63.7 Å². The van der Waals surface area contributed by atoms with E-state index >= 15 is 0 Å². The van der Waals surface area contributed by atoms with Crippen molar-refractivity contribution >= 4 is 11.6 Å². The van der Waals surface area contributed by atoms with Crippen molar-refractivity contribution in [3.63, 3.8) is 0 Å². The third-order valence-electron chi connectivity index (χ3n) is 3.41. The number of hydrogen-bond donors (Lipinski definition) is 1. The van der Waals surface area contributed by atoms with E-state index in [0.29, 0.717) is 6.61 Å². The molecule has 0 unspecified atom stereocenters. The molecule has 0 atom stereocenters. The molecular formula is C18H22ClNO. The average molecular weight is 304 g/mol. The van der Waals surface area contributed by atoms with Crippen LogP contribution in [0, 0.1) is 13.8 Å². The van der Waals surface area contributed by atoms with Gasteiger partial charge in [-0.3, -0.25) is 0 Å². The second-order valence-electron chi connectivity index (χ2n) is 5.25. The van der Waals surface area contributed by atoms with Crippen LogP contribution in [0.2, 0.25) is 5.02 Å². The third kappa shape index (κ3) is 4.48. The van der Waals surface area contributed by atoms with Crippen LogP contribution in [-0.4, -0.2) is 6.54 Å². The minimum Gasteiger partial charge on any atom is -0.488 e. The summed E-state index contributed by atoms with van der Waals surface area (Å²) >= 11 is 6.04. The Hall–Kier alpha value is -1.51. The number of ether oxygens (including phenoxy) is 1.